The van der Waals surface area contributed by atoms with Crippen molar-refractivity contribution in [2.45, 2.75) is 59.0 Å². The number of H-pyrrole nitrogens is 1. The molecule has 0 saturated heterocycles. The number of aryl methyl sites for hydroxylation is 2. The van der Waals surface area contributed by atoms with Crippen LogP contribution in [-0.2, 0) is 19.3 Å². The first kappa shape index (κ1) is 27.7. The van der Waals surface area contributed by atoms with Gasteiger partial charge in [0.15, 0.2) is 5.82 Å². The second-order valence-electron chi connectivity index (χ2n) is 11.3. The number of benzene rings is 3. The fourth-order valence-corrected chi connectivity index (χ4v) is 6.04. The smallest absolute Gasteiger partial charge is 0.439 e. The zero-order valence-corrected chi connectivity index (χ0v) is 24.7. The predicted molar refractivity (Wildman–Crippen MR) is 163 cm³/mol. The highest BCUT2D eigenvalue weighted by Crippen LogP contribution is 2.37. The van der Waals surface area contributed by atoms with E-state index in [1.54, 1.807) is 4.57 Å². The third-order valence-electron chi connectivity index (χ3n) is 7.55. The van der Waals surface area contributed by atoms with Gasteiger partial charge >= 0.3 is 5.76 Å². The Hall–Kier alpha value is -4.43. The lowest BCUT2D eigenvalue weighted by molar-refractivity contribution is 0.138. The first-order valence-electron chi connectivity index (χ1n) is 14.0. The van der Waals surface area contributed by atoms with Crippen LogP contribution >= 0.6 is 11.6 Å². The van der Waals surface area contributed by atoms with Gasteiger partial charge in [0, 0.05) is 40.1 Å². The Morgan fingerprint density at radius 3 is 2.52 bits per heavy atom. The second-order valence-corrected chi connectivity index (χ2v) is 11.7. The molecule has 0 bridgehead atoms. The average molecular weight is 583 g/mol. The number of rotatable bonds is 7. The second kappa shape index (κ2) is 10.8. The third kappa shape index (κ3) is 5.18. The Balaban J connectivity index is 1.39. The largest absolute Gasteiger partial charge is 0.487 e. The van der Waals surface area contributed by atoms with Crippen molar-refractivity contribution in [3.8, 4) is 34.0 Å². The molecule has 0 amide bonds. The van der Waals surface area contributed by atoms with Crippen molar-refractivity contribution in [3.05, 3.63) is 115 Å². The van der Waals surface area contributed by atoms with E-state index < -0.39 is 5.76 Å². The van der Waals surface area contributed by atoms with E-state index in [1.165, 1.54) is 0 Å². The van der Waals surface area contributed by atoms with E-state index in [-0.39, 0.29) is 11.2 Å². The van der Waals surface area contributed by atoms with Crippen LogP contribution in [0.2, 0.25) is 5.02 Å². The van der Waals surface area contributed by atoms with Gasteiger partial charge in [0.2, 0.25) is 0 Å². The van der Waals surface area contributed by atoms with Crippen molar-refractivity contribution >= 4 is 11.6 Å². The normalized spacial score (nSPS) is 13.6. The SMILES string of the molecule is CCCc1nc(C)n(-c2ccc3c(c2)CC(C)(C)O3)c(=O)c1Cc1ccc(-c2ccccc2-c2noc(=O)[nH]2)c(Cl)c1. The Kier molecular flexibility index (Phi) is 7.10. The zero-order chi connectivity index (χ0) is 29.6. The van der Waals surface area contributed by atoms with Crippen LogP contribution in [-0.4, -0.2) is 25.3 Å². The number of nitrogens with one attached hydrogen (secondary N) is 1. The van der Waals surface area contributed by atoms with Crippen LogP contribution in [0.4, 0.5) is 0 Å². The molecule has 8 nitrogen and oxygen atoms in total. The van der Waals surface area contributed by atoms with Gasteiger partial charge in [0.1, 0.15) is 17.2 Å². The van der Waals surface area contributed by atoms with E-state index in [0.29, 0.717) is 40.6 Å². The van der Waals surface area contributed by atoms with Gasteiger partial charge in [-0.05, 0) is 62.6 Å². The molecule has 9 heteroatoms. The van der Waals surface area contributed by atoms with Gasteiger partial charge in [0.05, 0.1) is 11.4 Å². The summed E-state index contributed by atoms with van der Waals surface area (Å²) in [5.41, 5.74) is 6.14. The molecule has 6 rings (SSSR count). The Bertz CT molecular complexity index is 1940. The van der Waals surface area contributed by atoms with Crippen LogP contribution in [0.15, 0.2) is 74.8 Å². The van der Waals surface area contributed by atoms with Gasteiger partial charge in [0.25, 0.3) is 5.56 Å². The number of hydrogen-bond acceptors (Lipinski definition) is 6. The molecule has 42 heavy (non-hydrogen) atoms. The van der Waals surface area contributed by atoms with Crippen molar-refractivity contribution in [2.75, 3.05) is 0 Å². The summed E-state index contributed by atoms with van der Waals surface area (Å²) in [4.78, 5) is 33.2. The Morgan fingerprint density at radius 1 is 1.02 bits per heavy atom. The number of aromatic amines is 1. The quantitative estimate of drug-likeness (QED) is 0.236. The maximum absolute atomic E-state index is 14.1. The molecule has 1 N–H and O–H groups in total. The molecule has 0 fully saturated rings. The lowest BCUT2D eigenvalue weighted by atomic mass is 9.96. The molecular weight excluding hydrogens is 552 g/mol. The Morgan fingerprint density at radius 2 is 1.81 bits per heavy atom. The fraction of sp³-hybridized carbons (Fsp3) is 0.273. The van der Waals surface area contributed by atoms with Crippen LogP contribution in [0.3, 0.4) is 0 Å². The zero-order valence-electron chi connectivity index (χ0n) is 24.0. The van der Waals surface area contributed by atoms with E-state index in [0.717, 1.165) is 52.2 Å². The van der Waals surface area contributed by atoms with Crippen molar-refractivity contribution in [3.63, 3.8) is 0 Å². The first-order chi connectivity index (χ1) is 20.1. The van der Waals surface area contributed by atoms with Crippen LogP contribution in [0.25, 0.3) is 28.2 Å². The monoisotopic (exact) mass is 582 g/mol. The van der Waals surface area contributed by atoms with Crippen LogP contribution in [0.1, 0.15) is 55.4 Å². The number of fused-ring (bicyclic) bond motifs is 1. The summed E-state index contributed by atoms with van der Waals surface area (Å²) >= 11 is 6.84. The van der Waals surface area contributed by atoms with E-state index in [1.807, 2.05) is 67.6 Å². The minimum Gasteiger partial charge on any atom is -0.487 e. The molecule has 0 aliphatic carbocycles. The summed E-state index contributed by atoms with van der Waals surface area (Å²) in [6.07, 6.45) is 2.74. The number of halogens is 1. The van der Waals surface area contributed by atoms with Gasteiger partial charge in [-0.3, -0.25) is 18.9 Å². The lowest BCUT2D eigenvalue weighted by Crippen LogP contribution is -2.28. The molecule has 0 radical (unpaired) electrons. The number of aromatic nitrogens is 4. The molecule has 0 unspecified atom stereocenters. The molecule has 0 spiro atoms. The standard InChI is InChI=1S/C33H31ClN4O4/c1-5-8-28-26(31(39)38(19(2)35-28)22-12-14-29-21(17-22)18-33(3,4)41-29)15-20-11-13-24(27(34)16-20)23-9-6-7-10-25(23)30-36-32(40)42-37-30/h6-7,9-14,16-17H,5,8,15,18H2,1-4H3,(H,36,37,40). The van der Waals surface area contributed by atoms with Crippen LogP contribution in [0.5, 0.6) is 5.75 Å². The molecule has 0 atom stereocenters. The molecule has 3 heterocycles. The average Bonchev–Trinajstić information content (AvgIpc) is 3.51. The summed E-state index contributed by atoms with van der Waals surface area (Å²) in [6, 6.07) is 19.2. The van der Waals surface area contributed by atoms with Crippen LogP contribution in [0, 0.1) is 6.92 Å². The molecule has 5 aromatic rings. The van der Waals surface area contributed by atoms with E-state index >= 15 is 0 Å². The maximum atomic E-state index is 14.1. The fourth-order valence-electron chi connectivity index (χ4n) is 5.74. The summed E-state index contributed by atoms with van der Waals surface area (Å²) in [5.74, 6) is 1.21. The first-order valence-corrected chi connectivity index (χ1v) is 14.4. The topological polar surface area (TPSA) is 103 Å². The highest BCUT2D eigenvalue weighted by atomic mass is 35.5. The van der Waals surface area contributed by atoms with E-state index in [4.69, 9.17) is 25.8 Å². The van der Waals surface area contributed by atoms with Gasteiger partial charge in [-0.2, -0.15) is 0 Å². The van der Waals surface area contributed by atoms with Gasteiger partial charge in [-0.25, -0.2) is 9.78 Å². The van der Waals surface area contributed by atoms with Crippen molar-refractivity contribution < 1.29 is 9.26 Å². The molecule has 2 aromatic heterocycles. The Labute approximate surface area is 248 Å². The molecule has 0 saturated carbocycles. The van der Waals surface area contributed by atoms with Gasteiger partial charge in [-0.15, -0.1) is 0 Å². The lowest BCUT2D eigenvalue weighted by Gasteiger charge is -2.17. The number of hydrogen-bond donors (Lipinski definition) is 1. The number of ether oxygens (including phenoxy) is 1. The summed E-state index contributed by atoms with van der Waals surface area (Å²) in [7, 11) is 0. The molecule has 3 aromatic carbocycles. The minimum atomic E-state index is -0.626. The highest BCUT2D eigenvalue weighted by molar-refractivity contribution is 6.33. The number of nitrogens with zero attached hydrogens (tertiary/aromatic N) is 3. The molecular formula is C33H31ClN4O4. The summed E-state index contributed by atoms with van der Waals surface area (Å²) < 4.78 is 12.5. The van der Waals surface area contributed by atoms with Gasteiger partial charge in [-0.1, -0.05) is 66.5 Å². The van der Waals surface area contributed by atoms with E-state index in [9.17, 15) is 9.59 Å². The van der Waals surface area contributed by atoms with Crippen molar-refractivity contribution in [2.24, 2.45) is 0 Å². The van der Waals surface area contributed by atoms with Crippen molar-refractivity contribution in [1.82, 2.24) is 19.7 Å². The highest BCUT2D eigenvalue weighted by Gasteiger charge is 2.30. The minimum absolute atomic E-state index is 0.0791. The molecule has 1 aliphatic rings. The summed E-state index contributed by atoms with van der Waals surface area (Å²) in [5, 5.41) is 4.36. The molecule has 214 valence electrons. The van der Waals surface area contributed by atoms with Crippen LogP contribution < -0.4 is 16.1 Å². The molecule has 1 aliphatic heterocycles. The van der Waals surface area contributed by atoms with E-state index in [2.05, 4.69) is 30.9 Å². The third-order valence-corrected chi connectivity index (χ3v) is 7.86. The van der Waals surface area contributed by atoms with Gasteiger partial charge < -0.3 is 4.74 Å². The predicted octanol–water partition coefficient (Wildman–Crippen LogP) is 6.46. The maximum Gasteiger partial charge on any atom is 0.439 e. The summed E-state index contributed by atoms with van der Waals surface area (Å²) in [6.45, 7) is 8.09. The van der Waals surface area contributed by atoms with Crippen molar-refractivity contribution in [1.29, 1.82) is 0 Å².